The molecule has 7 rings (SSSR count). The summed E-state index contributed by atoms with van der Waals surface area (Å²) >= 11 is 6.52. The number of amides is 1. The number of likely N-dealkylation sites (tertiary alicyclic amines) is 2. The fourth-order valence-electron chi connectivity index (χ4n) is 7.14. The maximum absolute atomic E-state index is 14.8. The molecule has 218 valence electrons. The second-order valence-corrected chi connectivity index (χ2v) is 12.4. The number of fused-ring (bicyclic) bond motifs is 2. The Bertz CT molecular complexity index is 1640. The van der Waals surface area contributed by atoms with Gasteiger partial charge in [0, 0.05) is 61.2 Å². The first-order valence-electron chi connectivity index (χ1n) is 14.3. The Morgan fingerprint density at radius 1 is 1.31 bits per heavy atom. The van der Waals surface area contributed by atoms with Crippen LogP contribution in [-0.4, -0.2) is 89.9 Å². The third-order valence-corrected chi connectivity index (χ3v) is 9.69. The fraction of sp³-hybridized carbons (Fsp3) is 0.467. The van der Waals surface area contributed by atoms with Crippen molar-refractivity contribution < 1.29 is 13.9 Å². The number of nitriles is 1. The number of nitrogens with zero attached hydrogens (tertiary/aromatic N) is 7. The lowest BCUT2D eigenvalue weighted by Crippen LogP contribution is -2.73. The monoisotopic (exact) mass is 590 g/mol. The van der Waals surface area contributed by atoms with Gasteiger partial charge in [-0.1, -0.05) is 18.2 Å². The maximum Gasteiger partial charge on any atom is 0.245 e. The van der Waals surface area contributed by atoms with Crippen LogP contribution in [0.1, 0.15) is 29.7 Å². The van der Waals surface area contributed by atoms with Gasteiger partial charge in [0.05, 0.1) is 35.3 Å². The first kappa shape index (κ1) is 27.0. The van der Waals surface area contributed by atoms with E-state index in [4.69, 9.17) is 21.3 Å². The molecule has 0 saturated carbocycles. The molecular weight excluding hydrogens is 559 g/mol. The second kappa shape index (κ2) is 10.1. The molecule has 1 spiro atoms. The zero-order chi connectivity index (χ0) is 29.2. The van der Waals surface area contributed by atoms with Gasteiger partial charge >= 0.3 is 0 Å². The Hall–Kier alpha value is -3.88. The summed E-state index contributed by atoms with van der Waals surface area (Å²) in [5.74, 6) is -0.221. The summed E-state index contributed by atoms with van der Waals surface area (Å²) < 4.78 is 21.1. The molecule has 12 heteroatoms. The van der Waals surface area contributed by atoms with Gasteiger partial charge in [0.25, 0.3) is 0 Å². The van der Waals surface area contributed by atoms with E-state index in [9.17, 15) is 14.4 Å². The second-order valence-electron chi connectivity index (χ2n) is 12.0. The number of hydrogen-bond donors (Lipinski definition) is 1. The van der Waals surface area contributed by atoms with Gasteiger partial charge in [0.15, 0.2) is 0 Å². The van der Waals surface area contributed by atoms with Crippen LogP contribution >= 0.6 is 11.6 Å². The Kier molecular flexibility index (Phi) is 6.51. The highest BCUT2D eigenvalue weighted by atomic mass is 35.5. The quantitative estimate of drug-likeness (QED) is 0.435. The van der Waals surface area contributed by atoms with Gasteiger partial charge in [-0.15, -0.1) is 0 Å². The lowest BCUT2D eigenvalue weighted by atomic mass is 9.72. The van der Waals surface area contributed by atoms with Gasteiger partial charge in [-0.2, -0.15) is 10.4 Å². The normalized spacial score (nSPS) is 21.2. The number of ether oxygens (including phenoxy) is 1. The molecule has 42 heavy (non-hydrogen) atoms. The maximum atomic E-state index is 14.8. The number of aromatic amines is 1. The lowest BCUT2D eigenvalue weighted by Gasteiger charge is -2.61. The third-order valence-electron chi connectivity index (χ3n) is 9.33. The molecule has 3 aromatic rings. The van der Waals surface area contributed by atoms with Crippen LogP contribution in [0, 0.1) is 22.6 Å². The van der Waals surface area contributed by atoms with Gasteiger partial charge < -0.3 is 24.3 Å². The molecule has 1 aromatic carbocycles. The van der Waals surface area contributed by atoms with Crippen molar-refractivity contribution in [2.24, 2.45) is 5.41 Å². The molecule has 4 aliphatic rings. The molecule has 3 fully saturated rings. The molecule has 1 atom stereocenters. The molecule has 6 heterocycles. The Morgan fingerprint density at radius 2 is 2.12 bits per heavy atom. The number of hydrogen-bond acceptors (Lipinski definition) is 8. The largest absolute Gasteiger partial charge is 0.475 e. The standard InChI is InChI=1S/C30H32ClFN8O2/c1-3-25(41)39-14-30(15-39)16-40(17-30)27-19-6-8-38(28-21-11-34-36-23(21)9-22(32)26(28)31)12-24(19)35-29(20(27)10-33)42-13-18-5-4-7-37(18)2/h3,9,11,18H,1,4-8,12-17H2,2H3,(H,34,36)/t18-/m0/s1. The van der Waals surface area contributed by atoms with Crippen LogP contribution in [0.25, 0.3) is 10.9 Å². The van der Waals surface area contributed by atoms with Crippen molar-refractivity contribution in [2.75, 3.05) is 62.7 Å². The highest BCUT2D eigenvalue weighted by Gasteiger charge is 2.54. The number of nitrogens with one attached hydrogen (secondary N) is 1. The van der Waals surface area contributed by atoms with Crippen LogP contribution in [0.15, 0.2) is 24.9 Å². The van der Waals surface area contributed by atoms with Crippen LogP contribution in [0.3, 0.4) is 0 Å². The molecule has 0 unspecified atom stereocenters. The van der Waals surface area contributed by atoms with Gasteiger partial charge in [0.2, 0.25) is 11.8 Å². The summed E-state index contributed by atoms with van der Waals surface area (Å²) in [7, 11) is 2.09. The van der Waals surface area contributed by atoms with Crippen molar-refractivity contribution in [3.05, 3.63) is 52.6 Å². The number of benzene rings is 1. The zero-order valence-corrected chi connectivity index (χ0v) is 24.3. The molecule has 3 saturated heterocycles. The van der Waals surface area contributed by atoms with Crippen LogP contribution in [-0.2, 0) is 17.8 Å². The zero-order valence-electron chi connectivity index (χ0n) is 23.5. The van der Waals surface area contributed by atoms with Gasteiger partial charge in [-0.25, -0.2) is 9.37 Å². The highest BCUT2D eigenvalue weighted by Crippen LogP contribution is 2.47. The number of anilines is 2. The van der Waals surface area contributed by atoms with Crippen molar-refractivity contribution >= 4 is 39.8 Å². The lowest BCUT2D eigenvalue weighted by molar-refractivity contribution is -0.139. The summed E-state index contributed by atoms with van der Waals surface area (Å²) in [6, 6.07) is 4.04. The number of likely N-dealkylation sites (N-methyl/N-ethyl adjacent to an activating group) is 1. The molecule has 0 bridgehead atoms. The van der Waals surface area contributed by atoms with E-state index in [2.05, 4.69) is 39.7 Å². The average molecular weight is 591 g/mol. The number of H-pyrrole nitrogens is 1. The van der Waals surface area contributed by atoms with E-state index in [1.807, 2.05) is 4.90 Å². The summed E-state index contributed by atoms with van der Waals surface area (Å²) in [5, 5.41) is 18.1. The molecule has 0 radical (unpaired) electrons. The van der Waals surface area contributed by atoms with Gasteiger partial charge in [0.1, 0.15) is 29.1 Å². The van der Waals surface area contributed by atoms with Crippen LogP contribution in [0.2, 0.25) is 5.02 Å². The van der Waals surface area contributed by atoms with E-state index >= 15 is 0 Å². The predicted molar refractivity (Wildman–Crippen MR) is 157 cm³/mol. The molecule has 4 aliphatic heterocycles. The van der Waals surface area contributed by atoms with Crippen molar-refractivity contribution in [3.8, 4) is 11.9 Å². The first-order chi connectivity index (χ1) is 20.3. The highest BCUT2D eigenvalue weighted by molar-refractivity contribution is 6.35. The molecule has 1 N–H and O–H groups in total. The third kappa shape index (κ3) is 4.27. The van der Waals surface area contributed by atoms with Crippen LogP contribution in [0.5, 0.6) is 5.88 Å². The average Bonchev–Trinajstić information content (AvgIpc) is 3.58. The van der Waals surface area contributed by atoms with Gasteiger partial charge in [-0.3, -0.25) is 9.89 Å². The van der Waals surface area contributed by atoms with Crippen molar-refractivity contribution in [1.29, 1.82) is 5.26 Å². The number of rotatable bonds is 6. The van der Waals surface area contributed by atoms with Crippen molar-refractivity contribution in [2.45, 2.75) is 31.8 Å². The summed E-state index contributed by atoms with van der Waals surface area (Å²) in [5.41, 5.74) is 4.31. The fourth-order valence-corrected chi connectivity index (χ4v) is 7.42. The van der Waals surface area contributed by atoms with E-state index in [0.29, 0.717) is 61.9 Å². The minimum absolute atomic E-state index is 0.0256. The first-order valence-corrected chi connectivity index (χ1v) is 14.7. The number of carbonyl (C=O) groups is 1. The smallest absolute Gasteiger partial charge is 0.245 e. The van der Waals surface area contributed by atoms with Crippen molar-refractivity contribution in [3.63, 3.8) is 0 Å². The molecule has 2 aromatic heterocycles. The summed E-state index contributed by atoms with van der Waals surface area (Å²) in [6.07, 6.45) is 5.78. The Balaban J connectivity index is 1.23. The number of aromatic nitrogens is 3. The Labute approximate surface area is 248 Å². The van der Waals surface area contributed by atoms with E-state index in [1.54, 1.807) is 11.1 Å². The van der Waals surface area contributed by atoms with E-state index in [0.717, 1.165) is 54.8 Å². The molecular formula is C30H32ClFN8O2. The number of carbonyl (C=O) groups excluding carboxylic acids is 1. The minimum Gasteiger partial charge on any atom is -0.475 e. The number of pyridine rings is 1. The van der Waals surface area contributed by atoms with E-state index < -0.39 is 5.82 Å². The predicted octanol–water partition coefficient (Wildman–Crippen LogP) is 3.49. The minimum atomic E-state index is -0.511. The SMILES string of the molecule is C=CC(=O)N1CC2(C1)CN(c1c(C#N)c(OC[C@@H]3CCCN3C)nc3c1CCN(c1c(Cl)c(F)cc4[nH]ncc14)C3)C2. The molecule has 0 aliphatic carbocycles. The van der Waals surface area contributed by atoms with Crippen LogP contribution in [0.4, 0.5) is 15.8 Å². The number of halogens is 2. The van der Waals surface area contributed by atoms with Gasteiger partial charge in [-0.05, 0) is 38.9 Å². The Morgan fingerprint density at radius 3 is 2.83 bits per heavy atom. The topological polar surface area (TPSA) is 105 Å². The van der Waals surface area contributed by atoms with Crippen LogP contribution < -0.4 is 14.5 Å². The summed E-state index contributed by atoms with van der Waals surface area (Å²) in [4.78, 5) is 25.3. The van der Waals surface area contributed by atoms with Crippen molar-refractivity contribution in [1.82, 2.24) is 25.0 Å². The van der Waals surface area contributed by atoms with E-state index in [-0.39, 0.29) is 22.4 Å². The molecule has 1 amide bonds. The van der Waals surface area contributed by atoms with E-state index in [1.165, 1.54) is 12.1 Å². The summed E-state index contributed by atoms with van der Waals surface area (Å²) in [6.45, 7) is 8.91. The molecule has 10 nitrogen and oxygen atoms in total.